The van der Waals surface area contributed by atoms with E-state index in [1.165, 1.54) is 22.2 Å². The summed E-state index contributed by atoms with van der Waals surface area (Å²) in [5.74, 6) is -1.57. The SMILES string of the molecule is Nc1nonc1-[n+]1[nH]nc(C(=O)N/N=C/c2ccccc2OCC(=O)[O-])c1-c1cccs1. The maximum absolute atomic E-state index is 12.8. The van der Waals surface area contributed by atoms with Gasteiger partial charge in [-0.1, -0.05) is 18.2 Å². The number of carboxylic acids is 1. The molecule has 0 aliphatic heterocycles. The number of thiophene rings is 1. The van der Waals surface area contributed by atoms with Gasteiger partial charge in [-0.3, -0.25) is 4.79 Å². The standard InChI is InChI=1S/C18H14N8O5S/c19-16-17(24-31-23-16)26-15(12-6-3-7-32-12)14(21-25-26)18(29)22-20-8-10-4-1-2-5-11(10)30-9-13(27)28/h1-8H,9H2,(H4,19,22,23,27,28,29)/b20-8+. The molecule has 162 valence electrons. The number of benzene rings is 1. The number of para-hydroxylation sites is 1. The minimum absolute atomic E-state index is 0.00889. The Hall–Kier alpha value is -4.59. The second-order valence-electron chi connectivity index (χ2n) is 6.09. The van der Waals surface area contributed by atoms with Crippen molar-refractivity contribution in [3.63, 3.8) is 0 Å². The Kier molecular flexibility index (Phi) is 5.85. The first-order valence-corrected chi connectivity index (χ1v) is 9.80. The average Bonchev–Trinajstić information content (AvgIpc) is 3.52. The smallest absolute Gasteiger partial charge is 0.377 e. The normalized spacial score (nSPS) is 11.0. The monoisotopic (exact) mass is 454 g/mol. The van der Waals surface area contributed by atoms with E-state index < -0.39 is 18.5 Å². The highest BCUT2D eigenvalue weighted by atomic mass is 32.1. The quantitative estimate of drug-likeness (QED) is 0.175. The van der Waals surface area contributed by atoms with Crippen LogP contribution in [0.3, 0.4) is 0 Å². The molecule has 0 aliphatic carbocycles. The second kappa shape index (κ2) is 9.05. The van der Waals surface area contributed by atoms with Crippen LogP contribution in [0.5, 0.6) is 5.75 Å². The van der Waals surface area contributed by atoms with E-state index in [0.29, 0.717) is 16.1 Å². The lowest BCUT2D eigenvalue weighted by molar-refractivity contribution is -0.652. The molecule has 0 spiro atoms. The van der Waals surface area contributed by atoms with Gasteiger partial charge in [0.15, 0.2) is 5.69 Å². The molecule has 0 unspecified atom stereocenters. The first kappa shape index (κ1) is 20.7. The molecule has 0 saturated carbocycles. The van der Waals surface area contributed by atoms with Crippen LogP contribution in [0.4, 0.5) is 5.82 Å². The van der Waals surface area contributed by atoms with Crippen molar-refractivity contribution in [2.75, 3.05) is 12.3 Å². The van der Waals surface area contributed by atoms with Crippen molar-refractivity contribution >= 4 is 35.2 Å². The molecule has 13 nitrogen and oxygen atoms in total. The molecule has 0 bridgehead atoms. The van der Waals surface area contributed by atoms with Crippen LogP contribution in [0, 0.1) is 0 Å². The van der Waals surface area contributed by atoms with Gasteiger partial charge in [-0.05, 0) is 33.8 Å². The van der Waals surface area contributed by atoms with Crippen LogP contribution in [-0.2, 0) is 4.79 Å². The van der Waals surface area contributed by atoms with E-state index in [-0.39, 0.29) is 23.1 Å². The van der Waals surface area contributed by atoms with Crippen LogP contribution in [0.2, 0.25) is 0 Å². The number of aromatic amines is 1. The van der Waals surface area contributed by atoms with Crippen molar-refractivity contribution in [3.05, 3.63) is 53.0 Å². The summed E-state index contributed by atoms with van der Waals surface area (Å²) in [6, 6.07) is 10.2. The van der Waals surface area contributed by atoms with E-state index >= 15 is 0 Å². The van der Waals surface area contributed by atoms with E-state index in [4.69, 9.17) is 10.5 Å². The number of rotatable bonds is 8. The van der Waals surface area contributed by atoms with Gasteiger partial charge in [0.1, 0.15) is 17.5 Å². The minimum atomic E-state index is -1.36. The first-order chi connectivity index (χ1) is 15.5. The number of nitrogens with two attached hydrogens (primary N) is 1. The highest BCUT2D eigenvalue weighted by Crippen LogP contribution is 2.25. The molecule has 3 aromatic heterocycles. The third-order valence-corrected chi connectivity index (χ3v) is 4.90. The van der Waals surface area contributed by atoms with Gasteiger partial charge in [-0.15, -0.1) is 21.2 Å². The molecule has 32 heavy (non-hydrogen) atoms. The van der Waals surface area contributed by atoms with Crippen molar-refractivity contribution in [2.24, 2.45) is 5.10 Å². The van der Waals surface area contributed by atoms with Crippen LogP contribution in [-0.4, -0.2) is 45.3 Å². The van der Waals surface area contributed by atoms with E-state index in [2.05, 4.69) is 35.8 Å². The summed E-state index contributed by atoms with van der Waals surface area (Å²) in [5.41, 5.74) is 9.01. The fraction of sp³-hybridized carbons (Fsp3) is 0.0556. The Labute approximate surface area is 183 Å². The van der Waals surface area contributed by atoms with Crippen molar-refractivity contribution in [1.29, 1.82) is 0 Å². The predicted octanol–water partition coefficient (Wildman–Crippen LogP) is -0.727. The maximum Gasteiger partial charge on any atom is 0.377 e. The molecule has 0 fully saturated rings. The number of ether oxygens (including phenoxy) is 1. The van der Waals surface area contributed by atoms with Crippen molar-refractivity contribution in [1.82, 2.24) is 26.1 Å². The number of hydrazone groups is 1. The second-order valence-corrected chi connectivity index (χ2v) is 7.04. The zero-order valence-electron chi connectivity index (χ0n) is 16.1. The molecule has 3 heterocycles. The predicted molar refractivity (Wildman–Crippen MR) is 108 cm³/mol. The third kappa shape index (κ3) is 4.29. The summed E-state index contributed by atoms with van der Waals surface area (Å²) in [4.78, 5) is 24.1. The Morgan fingerprint density at radius 3 is 2.88 bits per heavy atom. The Morgan fingerprint density at radius 1 is 1.31 bits per heavy atom. The van der Waals surface area contributed by atoms with E-state index in [0.717, 1.165) is 0 Å². The number of nitrogens with zero attached hydrogens (tertiary/aromatic N) is 5. The number of aromatic nitrogens is 5. The van der Waals surface area contributed by atoms with Gasteiger partial charge in [-0.25, -0.2) is 5.43 Å². The molecule has 4 N–H and O–H groups in total. The highest BCUT2D eigenvalue weighted by molar-refractivity contribution is 7.13. The zero-order chi connectivity index (χ0) is 22.5. The molecule has 0 saturated heterocycles. The molecule has 4 aromatic rings. The van der Waals surface area contributed by atoms with Gasteiger partial charge < -0.3 is 20.4 Å². The fourth-order valence-electron chi connectivity index (χ4n) is 2.68. The first-order valence-electron chi connectivity index (χ1n) is 8.92. The average molecular weight is 454 g/mol. The molecule has 0 atom stereocenters. The van der Waals surface area contributed by atoms with E-state index in [1.54, 1.807) is 30.3 Å². The zero-order valence-corrected chi connectivity index (χ0v) is 16.9. The topological polar surface area (TPSA) is 188 Å². The van der Waals surface area contributed by atoms with E-state index in [1.807, 2.05) is 11.4 Å². The van der Waals surface area contributed by atoms with Crippen LogP contribution in [0.25, 0.3) is 16.4 Å². The lowest BCUT2D eigenvalue weighted by Gasteiger charge is -2.08. The fourth-order valence-corrected chi connectivity index (χ4v) is 3.44. The summed E-state index contributed by atoms with van der Waals surface area (Å²) in [7, 11) is 0. The number of carbonyl (C=O) groups is 2. The van der Waals surface area contributed by atoms with Gasteiger partial charge in [0, 0.05) is 5.56 Å². The highest BCUT2D eigenvalue weighted by Gasteiger charge is 2.31. The van der Waals surface area contributed by atoms with Gasteiger partial charge in [0.05, 0.1) is 17.1 Å². The van der Waals surface area contributed by atoms with Crippen molar-refractivity contribution in [2.45, 2.75) is 0 Å². The number of carboxylic acid groups (broad SMARTS) is 1. The lowest BCUT2D eigenvalue weighted by atomic mass is 10.2. The summed E-state index contributed by atoms with van der Waals surface area (Å²) >= 11 is 1.37. The largest absolute Gasteiger partial charge is 0.546 e. The summed E-state index contributed by atoms with van der Waals surface area (Å²) in [5, 5.41) is 30.4. The van der Waals surface area contributed by atoms with Crippen LogP contribution in [0.15, 0.2) is 51.5 Å². The van der Waals surface area contributed by atoms with E-state index in [9.17, 15) is 14.7 Å². The minimum Gasteiger partial charge on any atom is -0.546 e. The molecular weight excluding hydrogens is 440 g/mol. The Morgan fingerprint density at radius 2 is 2.16 bits per heavy atom. The number of nitrogens with one attached hydrogen (secondary N) is 2. The molecule has 4 rings (SSSR count). The molecular formula is C18H14N8O5S. The van der Waals surface area contributed by atoms with Crippen LogP contribution in [0.1, 0.15) is 16.1 Å². The van der Waals surface area contributed by atoms with Crippen LogP contribution < -0.4 is 25.7 Å². The molecule has 0 radical (unpaired) electrons. The summed E-state index contributed by atoms with van der Waals surface area (Å²) < 4.78 is 11.2. The van der Waals surface area contributed by atoms with Crippen molar-refractivity contribution in [3.8, 4) is 22.1 Å². The molecule has 1 amide bonds. The number of aliphatic carboxylic acids is 1. The lowest BCUT2D eigenvalue weighted by Crippen LogP contribution is -2.36. The third-order valence-electron chi connectivity index (χ3n) is 4.02. The summed E-state index contributed by atoms with van der Waals surface area (Å²) in [6.45, 7) is -0.616. The Bertz CT molecular complexity index is 1280. The molecule has 1 aromatic carbocycles. The summed E-state index contributed by atoms with van der Waals surface area (Å²) in [6.07, 6.45) is 1.31. The van der Waals surface area contributed by atoms with Gasteiger partial charge in [0.2, 0.25) is 0 Å². The number of anilines is 1. The number of hydrogen-bond acceptors (Lipinski definition) is 11. The van der Waals surface area contributed by atoms with Gasteiger partial charge in [0.25, 0.3) is 11.5 Å². The van der Waals surface area contributed by atoms with Crippen molar-refractivity contribution < 1.29 is 28.7 Å². The number of hydrogen-bond donors (Lipinski definition) is 3. The van der Waals surface area contributed by atoms with Gasteiger partial charge in [-0.2, -0.15) is 9.73 Å². The molecule has 14 heteroatoms. The molecule has 0 aliphatic rings. The Balaban J connectivity index is 1.58. The maximum atomic E-state index is 12.8. The number of nitrogen functional groups attached to an aromatic ring is 1. The number of H-pyrrole nitrogens is 1. The van der Waals surface area contributed by atoms with Gasteiger partial charge >= 0.3 is 11.7 Å². The number of amides is 1. The number of carbonyl (C=O) groups excluding carboxylic acids is 2. The van der Waals surface area contributed by atoms with Crippen LogP contribution >= 0.6 is 11.3 Å².